The van der Waals surface area contributed by atoms with Crippen LogP contribution in [0.5, 0.6) is 0 Å². The molecule has 1 aromatic heterocycles. The number of carbonyl (C=O) groups excluding carboxylic acids is 1. The van der Waals surface area contributed by atoms with Gasteiger partial charge in [-0.15, -0.1) is 0 Å². The molecule has 2 heteroatoms. The van der Waals surface area contributed by atoms with Crippen molar-refractivity contribution < 1.29 is 4.79 Å². The number of nitrogens with zero attached hydrogens (tertiary/aromatic N) is 1. The highest BCUT2D eigenvalue weighted by atomic mass is 16.1. The lowest BCUT2D eigenvalue weighted by molar-refractivity contribution is 0.112. The van der Waals surface area contributed by atoms with Gasteiger partial charge in [0, 0.05) is 18.0 Å². The topological polar surface area (TPSA) is 30.0 Å². The quantitative estimate of drug-likeness (QED) is 0.732. The second kappa shape index (κ2) is 4.50. The summed E-state index contributed by atoms with van der Waals surface area (Å²) in [5, 5.41) is 0. The number of benzene rings is 1. The molecule has 1 heterocycles. The summed E-state index contributed by atoms with van der Waals surface area (Å²) in [6.07, 6.45) is 4.28. The Morgan fingerprint density at radius 2 is 1.82 bits per heavy atom. The van der Waals surface area contributed by atoms with Crippen molar-refractivity contribution in [2.45, 2.75) is 20.8 Å². The maximum absolute atomic E-state index is 11.1. The maximum atomic E-state index is 11.1. The fourth-order valence-electron chi connectivity index (χ4n) is 2.14. The van der Waals surface area contributed by atoms with Gasteiger partial charge in [-0.25, -0.2) is 0 Å². The Bertz CT molecular complexity index is 573. The predicted molar refractivity (Wildman–Crippen MR) is 69.3 cm³/mol. The Balaban J connectivity index is 2.71. The minimum atomic E-state index is 0.650. The number of rotatable bonds is 2. The van der Waals surface area contributed by atoms with E-state index in [1.54, 1.807) is 12.4 Å². The highest BCUT2D eigenvalue weighted by Crippen LogP contribution is 2.29. The average Bonchev–Trinajstić information content (AvgIpc) is 2.30. The van der Waals surface area contributed by atoms with Crippen molar-refractivity contribution in [3.63, 3.8) is 0 Å². The molecule has 86 valence electrons. The first-order valence-corrected chi connectivity index (χ1v) is 5.61. The Kier molecular flexibility index (Phi) is 3.05. The smallest absolute Gasteiger partial charge is 0.152 e. The number of aldehydes is 1. The van der Waals surface area contributed by atoms with Gasteiger partial charge in [-0.3, -0.25) is 9.78 Å². The van der Waals surface area contributed by atoms with Crippen LogP contribution >= 0.6 is 0 Å². The van der Waals surface area contributed by atoms with Gasteiger partial charge in [0.1, 0.15) is 0 Å². The lowest BCUT2D eigenvalue weighted by atomic mass is 9.93. The second-order valence-corrected chi connectivity index (χ2v) is 4.36. The molecule has 0 atom stereocenters. The molecule has 2 rings (SSSR count). The molecule has 0 spiro atoms. The van der Waals surface area contributed by atoms with E-state index in [0.29, 0.717) is 5.56 Å². The fourth-order valence-corrected chi connectivity index (χ4v) is 2.14. The van der Waals surface area contributed by atoms with Gasteiger partial charge < -0.3 is 0 Å². The third-order valence-electron chi connectivity index (χ3n) is 2.94. The lowest BCUT2D eigenvalue weighted by Crippen LogP contribution is -1.95. The first-order chi connectivity index (χ1) is 8.13. The zero-order valence-electron chi connectivity index (χ0n) is 10.3. The average molecular weight is 225 g/mol. The number of aryl methyl sites for hydroxylation is 3. The molecule has 2 aromatic rings. The summed E-state index contributed by atoms with van der Waals surface area (Å²) in [7, 11) is 0. The van der Waals surface area contributed by atoms with Gasteiger partial charge >= 0.3 is 0 Å². The van der Waals surface area contributed by atoms with Crippen LogP contribution in [0.1, 0.15) is 27.0 Å². The molecule has 0 fully saturated rings. The van der Waals surface area contributed by atoms with E-state index in [-0.39, 0.29) is 0 Å². The van der Waals surface area contributed by atoms with Crippen LogP contribution in [0.25, 0.3) is 11.1 Å². The van der Waals surface area contributed by atoms with Gasteiger partial charge in [-0.1, -0.05) is 23.8 Å². The standard InChI is InChI=1S/C15H15NO/c1-10-4-5-14(11(2)6-10)15-12(3)7-16-8-13(15)9-17/h4-9H,1-3H3. The molecule has 0 amide bonds. The van der Waals surface area contributed by atoms with Gasteiger partial charge in [0.25, 0.3) is 0 Å². The summed E-state index contributed by atoms with van der Waals surface area (Å²) < 4.78 is 0. The van der Waals surface area contributed by atoms with Crippen LogP contribution in [0.3, 0.4) is 0 Å². The molecular weight excluding hydrogens is 210 g/mol. The SMILES string of the molecule is Cc1ccc(-c2c(C)cncc2C=O)c(C)c1. The molecule has 1 aromatic carbocycles. The summed E-state index contributed by atoms with van der Waals surface area (Å²) >= 11 is 0. The van der Waals surface area contributed by atoms with Crippen molar-refractivity contribution in [1.29, 1.82) is 0 Å². The minimum Gasteiger partial charge on any atom is -0.298 e. The predicted octanol–water partition coefficient (Wildman–Crippen LogP) is 3.49. The first-order valence-electron chi connectivity index (χ1n) is 5.61. The van der Waals surface area contributed by atoms with Gasteiger partial charge in [0.2, 0.25) is 0 Å². The van der Waals surface area contributed by atoms with Crippen molar-refractivity contribution in [1.82, 2.24) is 4.98 Å². The van der Waals surface area contributed by atoms with E-state index < -0.39 is 0 Å². The van der Waals surface area contributed by atoms with E-state index in [9.17, 15) is 4.79 Å². The van der Waals surface area contributed by atoms with E-state index in [1.807, 2.05) is 6.92 Å². The van der Waals surface area contributed by atoms with Crippen molar-refractivity contribution in [2.75, 3.05) is 0 Å². The number of aromatic nitrogens is 1. The summed E-state index contributed by atoms with van der Waals surface area (Å²) in [6, 6.07) is 6.26. The maximum Gasteiger partial charge on any atom is 0.152 e. The van der Waals surface area contributed by atoms with Gasteiger partial charge in [-0.05, 0) is 43.0 Å². The Morgan fingerprint density at radius 3 is 2.47 bits per heavy atom. The Hall–Kier alpha value is -1.96. The third kappa shape index (κ3) is 2.11. The van der Waals surface area contributed by atoms with E-state index in [4.69, 9.17) is 0 Å². The lowest BCUT2D eigenvalue weighted by Gasteiger charge is -2.11. The summed E-state index contributed by atoms with van der Waals surface area (Å²) in [5.74, 6) is 0. The van der Waals surface area contributed by atoms with Crippen LogP contribution in [0.2, 0.25) is 0 Å². The van der Waals surface area contributed by atoms with E-state index >= 15 is 0 Å². The molecule has 0 saturated carbocycles. The van der Waals surface area contributed by atoms with Crippen LogP contribution in [-0.4, -0.2) is 11.3 Å². The van der Waals surface area contributed by atoms with Crippen molar-refractivity contribution in [3.05, 3.63) is 52.8 Å². The zero-order chi connectivity index (χ0) is 12.4. The summed E-state index contributed by atoms with van der Waals surface area (Å²) in [4.78, 5) is 15.1. The van der Waals surface area contributed by atoms with E-state index in [2.05, 4.69) is 37.0 Å². The normalized spacial score (nSPS) is 10.3. The molecule has 0 N–H and O–H groups in total. The molecule has 0 bridgehead atoms. The van der Waals surface area contributed by atoms with E-state index in [0.717, 1.165) is 23.0 Å². The van der Waals surface area contributed by atoms with Crippen LogP contribution < -0.4 is 0 Å². The van der Waals surface area contributed by atoms with Gasteiger partial charge in [-0.2, -0.15) is 0 Å². The van der Waals surface area contributed by atoms with Crippen molar-refractivity contribution >= 4 is 6.29 Å². The second-order valence-electron chi connectivity index (χ2n) is 4.36. The first kappa shape index (κ1) is 11.5. The number of carbonyl (C=O) groups is 1. The minimum absolute atomic E-state index is 0.650. The number of hydrogen-bond donors (Lipinski definition) is 0. The molecule has 0 aliphatic carbocycles. The van der Waals surface area contributed by atoms with Crippen LogP contribution in [0.15, 0.2) is 30.6 Å². The molecule has 0 aliphatic heterocycles. The molecule has 0 unspecified atom stereocenters. The Morgan fingerprint density at radius 1 is 1.06 bits per heavy atom. The molecule has 0 radical (unpaired) electrons. The van der Waals surface area contributed by atoms with Crippen molar-refractivity contribution in [3.8, 4) is 11.1 Å². The molecule has 0 saturated heterocycles. The van der Waals surface area contributed by atoms with Crippen molar-refractivity contribution in [2.24, 2.45) is 0 Å². The molecular formula is C15H15NO. The fraction of sp³-hybridized carbons (Fsp3) is 0.200. The van der Waals surface area contributed by atoms with Crippen LogP contribution in [-0.2, 0) is 0 Å². The molecule has 0 aliphatic rings. The summed E-state index contributed by atoms with van der Waals surface area (Å²) in [6.45, 7) is 6.11. The monoisotopic (exact) mass is 225 g/mol. The number of hydrogen-bond acceptors (Lipinski definition) is 2. The summed E-state index contributed by atoms with van der Waals surface area (Å²) in [5.41, 5.74) is 6.19. The highest BCUT2D eigenvalue weighted by molar-refractivity contribution is 5.89. The molecule has 17 heavy (non-hydrogen) atoms. The largest absolute Gasteiger partial charge is 0.298 e. The van der Waals surface area contributed by atoms with Crippen LogP contribution in [0, 0.1) is 20.8 Å². The van der Waals surface area contributed by atoms with Crippen LogP contribution in [0.4, 0.5) is 0 Å². The Labute approximate surface area is 101 Å². The number of pyridine rings is 1. The highest BCUT2D eigenvalue weighted by Gasteiger charge is 2.10. The molecule has 2 nitrogen and oxygen atoms in total. The van der Waals surface area contributed by atoms with Gasteiger partial charge in [0.05, 0.1) is 0 Å². The van der Waals surface area contributed by atoms with E-state index in [1.165, 1.54) is 11.1 Å². The van der Waals surface area contributed by atoms with Gasteiger partial charge in [0.15, 0.2) is 6.29 Å². The third-order valence-corrected chi connectivity index (χ3v) is 2.94. The zero-order valence-corrected chi connectivity index (χ0v) is 10.3.